The van der Waals surface area contributed by atoms with E-state index in [4.69, 9.17) is 14.2 Å². The third-order valence-electron chi connectivity index (χ3n) is 11.8. The molecule has 0 aliphatic carbocycles. The maximum atomic E-state index is 12.8. The molecule has 380 valence electrons. The van der Waals surface area contributed by atoms with Crippen molar-refractivity contribution in [2.45, 2.75) is 238 Å². The fraction of sp³-hybridized carbons (Fsp3) is 0.741. The summed E-state index contributed by atoms with van der Waals surface area (Å²) >= 11 is 0. The summed E-state index contributed by atoms with van der Waals surface area (Å²) in [5.41, 5.74) is 0. The van der Waals surface area contributed by atoms with E-state index < -0.39 is 18.1 Å². The van der Waals surface area contributed by atoms with Crippen LogP contribution in [0.1, 0.15) is 226 Å². The van der Waals surface area contributed by atoms with Gasteiger partial charge >= 0.3 is 11.9 Å². The lowest BCUT2D eigenvalue weighted by atomic mass is 10.1. The summed E-state index contributed by atoms with van der Waals surface area (Å²) in [6.45, 7) is 4.54. The van der Waals surface area contributed by atoms with Crippen LogP contribution in [0, 0.1) is 0 Å². The minimum atomic E-state index is -1.13. The molecule has 0 radical (unpaired) electrons. The zero-order chi connectivity index (χ0) is 48.4. The molecule has 0 fully saturated rings. The highest BCUT2D eigenvalue weighted by atomic mass is 16.6. The fourth-order valence-corrected chi connectivity index (χ4v) is 7.68. The van der Waals surface area contributed by atoms with E-state index >= 15 is 0 Å². The SMILES string of the molecule is CC/C=C/C/C=C/C/C=C/C/C=C/CCCCCCCCCC(=O)OCC(COCCC(C(=O)[O-])[N+](C)(C)C)OC(=O)CCCCCCCCC/C=C/C/C=C/CCCCCCCCCC. The number of allylic oxidation sites excluding steroid dienone is 12. The molecule has 0 N–H and O–H groups in total. The molecule has 0 saturated carbocycles. The van der Waals surface area contributed by atoms with Crippen molar-refractivity contribution in [3.8, 4) is 0 Å². The topological polar surface area (TPSA) is 102 Å². The molecule has 0 bridgehead atoms. The first-order valence-corrected chi connectivity index (χ1v) is 27.0. The van der Waals surface area contributed by atoms with Crippen molar-refractivity contribution in [1.29, 1.82) is 0 Å². The van der Waals surface area contributed by atoms with E-state index in [1.54, 1.807) is 21.1 Å². The van der Waals surface area contributed by atoms with Crippen molar-refractivity contribution < 1.29 is 38.2 Å². The van der Waals surface area contributed by atoms with E-state index in [1.165, 1.54) is 109 Å². The fourth-order valence-electron chi connectivity index (χ4n) is 7.68. The van der Waals surface area contributed by atoms with Crippen LogP contribution in [-0.2, 0) is 28.6 Å². The van der Waals surface area contributed by atoms with Crippen LogP contribution in [0.3, 0.4) is 0 Å². The minimum Gasteiger partial charge on any atom is -0.544 e. The van der Waals surface area contributed by atoms with Gasteiger partial charge in [-0.3, -0.25) is 9.59 Å². The molecule has 8 nitrogen and oxygen atoms in total. The van der Waals surface area contributed by atoms with Crippen molar-refractivity contribution in [3.05, 3.63) is 72.9 Å². The largest absolute Gasteiger partial charge is 0.544 e. The van der Waals surface area contributed by atoms with E-state index in [0.717, 1.165) is 83.5 Å². The van der Waals surface area contributed by atoms with Gasteiger partial charge in [-0.05, 0) is 83.5 Å². The first kappa shape index (κ1) is 62.8. The lowest BCUT2D eigenvalue weighted by molar-refractivity contribution is -0.889. The summed E-state index contributed by atoms with van der Waals surface area (Å²) in [6.07, 6.45) is 62.2. The van der Waals surface area contributed by atoms with E-state index in [-0.39, 0.29) is 42.7 Å². The lowest BCUT2D eigenvalue weighted by Gasteiger charge is -2.34. The smallest absolute Gasteiger partial charge is 0.306 e. The monoisotopic (exact) mass is 924 g/mol. The molecular formula is C58H101NO7. The van der Waals surface area contributed by atoms with Gasteiger partial charge in [0.2, 0.25) is 0 Å². The summed E-state index contributed by atoms with van der Waals surface area (Å²) in [5.74, 6) is -1.76. The molecule has 0 spiro atoms. The predicted octanol–water partition coefficient (Wildman–Crippen LogP) is 14.5. The van der Waals surface area contributed by atoms with Gasteiger partial charge in [-0.2, -0.15) is 0 Å². The maximum Gasteiger partial charge on any atom is 0.306 e. The van der Waals surface area contributed by atoms with Gasteiger partial charge in [0, 0.05) is 19.3 Å². The van der Waals surface area contributed by atoms with Crippen molar-refractivity contribution >= 4 is 17.9 Å². The Bertz CT molecular complexity index is 1310. The number of unbranched alkanes of at least 4 members (excludes halogenated alkanes) is 22. The van der Waals surface area contributed by atoms with Crippen LogP contribution in [0.15, 0.2) is 72.9 Å². The average Bonchev–Trinajstić information content (AvgIpc) is 3.28. The highest BCUT2D eigenvalue weighted by Crippen LogP contribution is 2.15. The van der Waals surface area contributed by atoms with Crippen molar-refractivity contribution in [2.75, 3.05) is 41.0 Å². The number of esters is 2. The van der Waals surface area contributed by atoms with Crippen LogP contribution < -0.4 is 5.11 Å². The predicted molar refractivity (Wildman–Crippen MR) is 277 cm³/mol. The molecule has 0 saturated heterocycles. The standard InChI is InChI=1S/C58H101NO7/c1-6-8-10-12-14-16-18-20-22-24-26-28-29-31-33-35-37-39-41-43-45-47-49-57(61)66-54(52-64-51-50-55(58(62)63)59(3,4)5)53-65-56(60)48-46-44-42-40-38-36-34-32-30-27-25-23-21-19-17-15-13-11-9-7-2/h9,11,15,17,21,23-24,26-27,29-31,54-55H,6-8,10,12-14,16,18-20,22,25,28,32-53H2,1-5H3/b11-9+,17-15+,23-21+,26-24+,30-27+,31-29+. The highest BCUT2D eigenvalue weighted by molar-refractivity contribution is 5.70. The summed E-state index contributed by atoms with van der Waals surface area (Å²) in [4.78, 5) is 37.1. The van der Waals surface area contributed by atoms with Gasteiger partial charge in [0.15, 0.2) is 6.10 Å². The quantitative estimate of drug-likeness (QED) is 0.0259. The summed E-state index contributed by atoms with van der Waals surface area (Å²) in [6, 6.07) is -0.733. The van der Waals surface area contributed by atoms with Crippen molar-refractivity contribution in [2.24, 2.45) is 0 Å². The number of carbonyl (C=O) groups is 3. The van der Waals surface area contributed by atoms with Gasteiger partial charge in [0.25, 0.3) is 0 Å². The molecule has 0 aliphatic heterocycles. The van der Waals surface area contributed by atoms with Gasteiger partial charge in [-0.25, -0.2) is 0 Å². The van der Waals surface area contributed by atoms with Gasteiger partial charge < -0.3 is 28.6 Å². The summed E-state index contributed by atoms with van der Waals surface area (Å²) in [7, 11) is 5.41. The number of rotatable bonds is 48. The molecule has 0 heterocycles. The van der Waals surface area contributed by atoms with Crippen LogP contribution in [0.5, 0.6) is 0 Å². The number of aliphatic carboxylic acids is 1. The second kappa shape index (κ2) is 48.2. The summed E-state index contributed by atoms with van der Waals surface area (Å²) < 4.78 is 17.3. The van der Waals surface area contributed by atoms with Gasteiger partial charge in [-0.1, -0.05) is 196 Å². The number of likely N-dealkylation sites (N-methyl/N-ethyl adjacent to an activating group) is 1. The molecule has 0 aromatic rings. The number of nitrogens with zero attached hydrogens (tertiary/aromatic N) is 1. The zero-order valence-electron chi connectivity index (χ0n) is 43.3. The molecular weight excluding hydrogens is 823 g/mol. The molecule has 0 amide bonds. The Kier molecular flexibility index (Phi) is 45.9. The van der Waals surface area contributed by atoms with Crippen LogP contribution >= 0.6 is 0 Å². The normalized spacial score (nSPS) is 13.4. The molecule has 0 aromatic heterocycles. The number of hydrogen-bond acceptors (Lipinski definition) is 7. The van der Waals surface area contributed by atoms with E-state index in [0.29, 0.717) is 12.8 Å². The molecule has 2 unspecified atom stereocenters. The Morgan fingerprint density at radius 3 is 1.26 bits per heavy atom. The molecule has 0 aromatic carbocycles. The van der Waals surface area contributed by atoms with E-state index in [9.17, 15) is 19.5 Å². The second-order valence-electron chi connectivity index (χ2n) is 19.1. The average molecular weight is 924 g/mol. The van der Waals surface area contributed by atoms with Crippen LogP contribution in [0.2, 0.25) is 0 Å². The van der Waals surface area contributed by atoms with E-state index in [2.05, 4.69) is 86.8 Å². The zero-order valence-corrected chi connectivity index (χ0v) is 43.3. The summed E-state index contributed by atoms with van der Waals surface area (Å²) in [5, 5.41) is 11.7. The Morgan fingerprint density at radius 2 is 0.848 bits per heavy atom. The Labute approximate surface area is 406 Å². The number of carboxylic acids is 1. The molecule has 2 atom stereocenters. The van der Waals surface area contributed by atoms with Crippen LogP contribution in [0.4, 0.5) is 0 Å². The Hall–Kier alpha value is -3.23. The number of hydrogen-bond donors (Lipinski definition) is 0. The van der Waals surface area contributed by atoms with Gasteiger partial charge in [0.1, 0.15) is 12.6 Å². The van der Waals surface area contributed by atoms with Crippen LogP contribution in [0.25, 0.3) is 0 Å². The van der Waals surface area contributed by atoms with E-state index in [1.807, 2.05) is 0 Å². The molecule has 0 aliphatic rings. The molecule has 8 heteroatoms. The number of quaternary nitrogens is 1. The highest BCUT2D eigenvalue weighted by Gasteiger charge is 2.25. The minimum absolute atomic E-state index is 0.0312. The second-order valence-corrected chi connectivity index (χ2v) is 19.1. The number of carbonyl (C=O) groups excluding carboxylic acids is 3. The van der Waals surface area contributed by atoms with Crippen LogP contribution in [-0.4, -0.2) is 75.5 Å². The van der Waals surface area contributed by atoms with Crippen molar-refractivity contribution in [1.82, 2.24) is 0 Å². The third-order valence-corrected chi connectivity index (χ3v) is 11.8. The Morgan fingerprint density at radius 1 is 0.470 bits per heavy atom. The first-order valence-electron chi connectivity index (χ1n) is 27.0. The number of carboxylic acid groups (broad SMARTS) is 1. The molecule has 0 rings (SSSR count). The first-order chi connectivity index (χ1) is 32.1. The van der Waals surface area contributed by atoms with Gasteiger partial charge in [0.05, 0.1) is 40.3 Å². The van der Waals surface area contributed by atoms with Crippen molar-refractivity contribution in [3.63, 3.8) is 0 Å². The maximum absolute atomic E-state index is 12.8. The van der Waals surface area contributed by atoms with Gasteiger partial charge in [-0.15, -0.1) is 0 Å². The third kappa shape index (κ3) is 45.9. The Balaban J connectivity index is 4.26. The molecule has 66 heavy (non-hydrogen) atoms. The lowest BCUT2D eigenvalue weighted by Crippen LogP contribution is -2.55. The number of ether oxygens (including phenoxy) is 3.